The Morgan fingerprint density at radius 2 is 1.50 bits per heavy atom. The van der Waals surface area contributed by atoms with Gasteiger partial charge in [-0.1, -0.05) is 17.7 Å². The molecule has 9 nitrogen and oxygen atoms in total. The van der Waals surface area contributed by atoms with E-state index in [1.807, 2.05) is 19.1 Å². The van der Waals surface area contributed by atoms with Crippen LogP contribution in [-0.2, 0) is 33.3 Å². The number of benzene rings is 1. The van der Waals surface area contributed by atoms with Crippen LogP contribution in [0.5, 0.6) is 0 Å². The summed E-state index contributed by atoms with van der Waals surface area (Å²) in [5.74, 6) is -2.58. The summed E-state index contributed by atoms with van der Waals surface area (Å²) in [6.07, 6.45) is -3.49. The minimum Gasteiger partial charge on any atom is -0.345 e. The summed E-state index contributed by atoms with van der Waals surface area (Å²) in [6, 6.07) is 7.39. The molecule has 0 unspecified atom stereocenters. The van der Waals surface area contributed by atoms with Gasteiger partial charge in [0.2, 0.25) is 5.91 Å². The molecule has 30 heavy (non-hydrogen) atoms. The molecule has 9 heteroatoms. The third kappa shape index (κ3) is 4.35. The number of ether oxygens (including phenoxy) is 5. The van der Waals surface area contributed by atoms with Crippen molar-refractivity contribution in [1.29, 1.82) is 0 Å². The van der Waals surface area contributed by atoms with Gasteiger partial charge in [-0.05, 0) is 46.8 Å². The Kier molecular flexibility index (Phi) is 5.36. The quantitative estimate of drug-likeness (QED) is 0.760. The molecule has 0 saturated carbocycles. The molecule has 2 N–H and O–H groups in total. The molecule has 4 rings (SSSR count). The summed E-state index contributed by atoms with van der Waals surface area (Å²) in [6.45, 7) is 8.84. The van der Waals surface area contributed by atoms with Gasteiger partial charge in [-0.2, -0.15) is 0 Å². The maximum atomic E-state index is 12.9. The number of amides is 2. The summed E-state index contributed by atoms with van der Waals surface area (Å²) in [4.78, 5) is 25.1. The average molecular weight is 420 g/mol. The van der Waals surface area contributed by atoms with E-state index in [1.54, 1.807) is 39.8 Å². The first kappa shape index (κ1) is 21.2. The first-order chi connectivity index (χ1) is 14.0. The Labute approximate surface area is 175 Å². The van der Waals surface area contributed by atoms with E-state index in [9.17, 15) is 9.59 Å². The number of hydrogen-bond donors (Lipinski definition) is 2. The Bertz CT molecular complexity index is 823. The lowest BCUT2D eigenvalue weighted by atomic mass is 9.98. The van der Waals surface area contributed by atoms with Crippen LogP contribution < -0.4 is 10.6 Å². The highest BCUT2D eigenvalue weighted by molar-refractivity contribution is 5.95. The van der Waals surface area contributed by atoms with Crippen LogP contribution in [0.4, 0.5) is 5.69 Å². The molecule has 3 saturated heterocycles. The van der Waals surface area contributed by atoms with Crippen LogP contribution in [0.15, 0.2) is 24.3 Å². The fourth-order valence-electron chi connectivity index (χ4n) is 3.93. The van der Waals surface area contributed by atoms with Crippen molar-refractivity contribution in [1.82, 2.24) is 5.32 Å². The number of carbonyl (C=O) groups excluding carboxylic acids is 2. The van der Waals surface area contributed by atoms with Gasteiger partial charge in [-0.15, -0.1) is 0 Å². The molecule has 1 aromatic rings. The van der Waals surface area contributed by atoms with Crippen molar-refractivity contribution < 1.29 is 33.3 Å². The van der Waals surface area contributed by atoms with Crippen molar-refractivity contribution in [2.24, 2.45) is 0 Å². The van der Waals surface area contributed by atoms with Crippen molar-refractivity contribution in [2.45, 2.75) is 76.9 Å². The highest BCUT2D eigenvalue weighted by Gasteiger charge is 2.62. The minimum absolute atomic E-state index is 0.203. The molecule has 3 heterocycles. The molecule has 2 amide bonds. The van der Waals surface area contributed by atoms with Crippen LogP contribution in [0.3, 0.4) is 0 Å². The molecule has 164 valence electrons. The highest BCUT2D eigenvalue weighted by atomic mass is 16.9. The lowest BCUT2D eigenvalue weighted by molar-refractivity contribution is -0.231. The van der Waals surface area contributed by atoms with E-state index in [2.05, 4.69) is 10.6 Å². The van der Waals surface area contributed by atoms with Gasteiger partial charge in [-0.25, -0.2) is 0 Å². The smallest absolute Gasteiger partial charge is 0.252 e. The zero-order chi connectivity index (χ0) is 21.7. The second kappa shape index (κ2) is 7.58. The van der Waals surface area contributed by atoms with Crippen LogP contribution in [0.1, 0.15) is 33.3 Å². The van der Waals surface area contributed by atoms with Crippen molar-refractivity contribution in [2.75, 3.05) is 11.9 Å². The van der Waals surface area contributed by atoms with Crippen molar-refractivity contribution in [3.63, 3.8) is 0 Å². The standard InChI is InChI=1S/C21H28N2O7/c1-11-6-8-12(9-7-11)23-13(24)10-22-18(25)16-14-15(28-20(2,3)27-14)17-19(26-16)30-21(4,5)29-17/h6-9,14-17,19H,10H2,1-5H3,(H,22,25)(H,23,24)/t14-,15+,16+,17-,19-/m1/s1. The molecule has 3 fully saturated rings. The number of hydrogen-bond acceptors (Lipinski definition) is 7. The summed E-state index contributed by atoms with van der Waals surface area (Å²) in [5.41, 5.74) is 1.75. The van der Waals surface area contributed by atoms with E-state index in [0.29, 0.717) is 5.69 Å². The van der Waals surface area contributed by atoms with Gasteiger partial charge in [0.25, 0.3) is 5.91 Å². The molecular weight excluding hydrogens is 392 g/mol. The third-order valence-electron chi connectivity index (χ3n) is 5.17. The molecule has 0 radical (unpaired) electrons. The summed E-state index contributed by atoms with van der Waals surface area (Å²) in [5, 5.41) is 5.36. The van der Waals surface area contributed by atoms with Gasteiger partial charge < -0.3 is 34.3 Å². The minimum atomic E-state index is -0.998. The zero-order valence-corrected chi connectivity index (χ0v) is 17.8. The van der Waals surface area contributed by atoms with Gasteiger partial charge in [0.15, 0.2) is 24.0 Å². The molecule has 5 atom stereocenters. The van der Waals surface area contributed by atoms with E-state index in [1.165, 1.54) is 0 Å². The summed E-state index contributed by atoms with van der Waals surface area (Å²) < 4.78 is 29.5. The third-order valence-corrected chi connectivity index (χ3v) is 5.17. The number of carbonyl (C=O) groups is 2. The van der Waals surface area contributed by atoms with Gasteiger partial charge >= 0.3 is 0 Å². The predicted molar refractivity (Wildman–Crippen MR) is 105 cm³/mol. The number of fused-ring (bicyclic) bond motifs is 3. The van der Waals surface area contributed by atoms with Gasteiger partial charge in [0, 0.05) is 5.69 Å². The maximum absolute atomic E-state index is 12.9. The highest BCUT2D eigenvalue weighted by Crippen LogP contribution is 2.44. The number of anilines is 1. The van der Waals surface area contributed by atoms with Crippen LogP contribution in [0, 0.1) is 6.92 Å². The van der Waals surface area contributed by atoms with E-state index in [0.717, 1.165) is 5.56 Å². The first-order valence-electron chi connectivity index (χ1n) is 10.0. The average Bonchev–Trinajstić information content (AvgIpc) is 3.14. The SMILES string of the molecule is Cc1ccc(NC(=O)CNC(=O)[C@H]2O[C@@H]3OC(C)(C)O[C@@H]3[C@H]3OC(C)(C)O[C@H]32)cc1. The Balaban J connectivity index is 1.40. The Hall–Kier alpha value is -2.04. The number of aryl methyl sites for hydroxylation is 1. The molecule has 3 aliphatic heterocycles. The van der Waals surface area contributed by atoms with E-state index in [-0.39, 0.29) is 12.5 Å². The lowest BCUT2D eigenvalue weighted by Gasteiger charge is -2.36. The molecule has 0 bridgehead atoms. The Morgan fingerprint density at radius 3 is 2.20 bits per heavy atom. The number of rotatable bonds is 4. The monoisotopic (exact) mass is 420 g/mol. The van der Waals surface area contributed by atoms with Crippen LogP contribution in [-0.4, -0.2) is 60.6 Å². The van der Waals surface area contributed by atoms with Crippen LogP contribution >= 0.6 is 0 Å². The Morgan fingerprint density at radius 1 is 0.900 bits per heavy atom. The van der Waals surface area contributed by atoms with Crippen LogP contribution in [0.2, 0.25) is 0 Å². The fourth-order valence-corrected chi connectivity index (χ4v) is 3.93. The van der Waals surface area contributed by atoms with Gasteiger partial charge in [0.05, 0.1) is 6.54 Å². The largest absolute Gasteiger partial charge is 0.345 e. The van der Waals surface area contributed by atoms with Gasteiger partial charge in [-0.3, -0.25) is 9.59 Å². The fraction of sp³-hybridized carbons (Fsp3) is 0.619. The van der Waals surface area contributed by atoms with Crippen molar-refractivity contribution in [3.8, 4) is 0 Å². The summed E-state index contributed by atoms with van der Waals surface area (Å²) in [7, 11) is 0. The first-order valence-corrected chi connectivity index (χ1v) is 10.0. The second-order valence-corrected chi connectivity index (χ2v) is 8.72. The molecule has 0 spiro atoms. The summed E-state index contributed by atoms with van der Waals surface area (Å²) >= 11 is 0. The molecule has 0 aromatic heterocycles. The van der Waals surface area contributed by atoms with Crippen molar-refractivity contribution in [3.05, 3.63) is 29.8 Å². The predicted octanol–water partition coefficient (Wildman–Crippen LogP) is 1.45. The van der Waals surface area contributed by atoms with Crippen LogP contribution in [0.25, 0.3) is 0 Å². The van der Waals surface area contributed by atoms with Gasteiger partial charge in [0.1, 0.15) is 18.3 Å². The topological polar surface area (TPSA) is 104 Å². The van der Waals surface area contributed by atoms with E-state index < -0.39 is 48.2 Å². The lowest BCUT2D eigenvalue weighted by Crippen LogP contribution is -2.59. The normalized spacial score (nSPS) is 33.4. The molecule has 0 aliphatic carbocycles. The molecule has 1 aromatic carbocycles. The maximum Gasteiger partial charge on any atom is 0.252 e. The zero-order valence-electron chi connectivity index (χ0n) is 17.8. The molecular formula is C21H28N2O7. The van der Waals surface area contributed by atoms with E-state index >= 15 is 0 Å². The van der Waals surface area contributed by atoms with Crippen molar-refractivity contribution >= 4 is 17.5 Å². The number of nitrogens with one attached hydrogen (secondary N) is 2. The van der Waals surface area contributed by atoms with E-state index in [4.69, 9.17) is 23.7 Å². The second-order valence-electron chi connectivity index (χ2n) is 8.72. The molecule has 3 aliphatic rings.